The Labute approximate surface area is 107 Å². The van der Waals surface area contributed by atoms with Gasteiger partial charge in [-0.2, -0.15) is 0 Å². The van der Waals surface area contributed by atoms with Gasteiger partial charge in [0.05, 0.1) is 6.04 Å². The summed E-state index contributed by atoms with van der Waals surface area (Å²) in [5.74, 6) is 0. The molecule has 5 heteroatoms. The lowest BCUT2D eigenvalue weighted by Gasteiger charge is -2.14. The van der Waals surface area contributed by atoms with Crippen molar-refractivity contribution in [3.05, 3.63) is 36.4 Å². The van der Waals surface area contributed by atoms with Crippen molar-refractivity contribution in [2.45, 2.75) is 24.8 Å². The number of amides is 2. The number of urea groups is 1. The van der Waals surface area contributed by atoms with Gasteiger partial charge in [-0.1, -0.05) is 30.9 Å². The van der Waals surface area contributed by atoms with Crippen LogP contribution >= 0.6 is 12.6 Å². The minimum Gasteiger partial charge on any atom is -0.350 e. The number of hydroxylamine groups is 2. The lowest BCUT2D eigenvalue weighted by molar-refractivity contribution is -0.0642. The van der Waals surface area contributed by atoms with Gasteiger partial charge in [0.2, 0.25) is 0 Å². The highest BCUT2D eigenvalue weighted by Crippen LogP contribution is 2.12. The Bertz CT molecular complexity index is 381. The molecule has 3 N–H and O–H groups in total. The number of hydrogen-bond acceptors (Lipinski definition) is 3. The van der Waals surface area contributed by atoms with Gasteiger partial charge < -0.3 is 5.73 Å². The second-order valence-electron chi connectivity index (χ2n) is 3.54. The van der Waals surface area contributed by atoms with Crippen molar-refractivity contribution in [3.63, 3.8) is 0 Å². The predicted octanol–water partition coefficient (Wildman–Crippen LogP) is 2.78. The summed E-state index contributed by atoms with van der Waals surface area (Å²) in [4.78, 5) is 11.0. The van der Waals surface area contributed by atoms with Crippen LogP contribution in [-0.4, -0.2) is 22.3 Å². The van der Waals surface area contributed by atoms with Crippen molar-refractivity contribution in [2.24, 2.45) is 5.73 Å². The average molecular weight is 254 g/mol. The van der Waals surface area contributed by atoms with E-state index in [-0.39, 0.29) is 6.04 Å². The zero-order chi connectivity index (χ0) is 13.4. The van der Waals surface area contributed by atoms with Crippen molar-refractivity contribution >= 4 is 24.7 Å². The second-order valence-corrected chi connectivity index (χ2v) is 4.02. The fraction of sp³-hybridized carbons (Fsp3) is 0.250. The van der Waals surface area contributed by atoms with Crippen molar-refractivity contribution in [2.75, 3.05) is 0 Å². The van der Waals surface area contributed by atoms with E-state index in [4.69, 9.17) is 5.21 Å². The number of nitrogens with two attached hydrogens (primary N) is 1. The Morgan fingerprint density at radius 1 is 1.53 bits per heavy atom. The van der Waals surface area contributed by atoms with Crippen LogP contribution in [0.15, 0.2) is 35.7 Å². The average Bonchev–Trinajstić information content (AvgIpc) is 2.29. The maximum Gasteiger partial charge on any atom is 0.338 e. The molecule has 0 bridgehead atoms. The first-order valence-corrected chi connectivity index (χ1v) is 5.52. The largest absolute Gasteiger partial charge is 0.350 e. The van der Waals surface area contributed by atoms with Crippen LogP contribution in [-0.2, 0) is 0 Å². The number of nitrogens with zero attached hydrogens (tertiary/aromatic N) is 1. The van der Waals surface area contributed by atoms with Gasteiger partial charge in [0.1, 0.15) is 0 Å². The van der Waals surface area contributed by atoms with E-state index in [2.05, 4.69) is 24.9 Å². The third kappa shape index (κ3) is 5.99. The van der Waals surface area contributed by atoms with Crippen molar-refractivity contribution < 1.29 is 10.0 Å². The predicted molar refractivity (Wildman–Crippen MR) is 72.1 cm³/mol. The Hall–Kier alpha value is -1.46. The van der Waals surface area contributed by atoms with Crippen LogP contribution in [0.3, 0.4) is 0 Å². The smallest absolute Gasteiger partial charge is 0.338 e. The SMILES string of the molecule is C=Cc1ccccc1S.CC(C)N(O)C(N)=O. The molecule has 0 aliphatic carbocycles. The number of primary amides is 1. The molecule has 17 heavy (non-hydrogen) atoms. The molecule has 0 unspecified atom stereocenters. The summed E-state index contributed by atoms with van der Waals surface area (Å²) in [6, 6.07) is 6.79. The molecule has 0 heterocycles. The summed E-state index contributed by atoms with van der Waals surface area (Å²) in [5, 5.41) is 9.03. The molecule has 1 aromatic carbocycles. The van der Waals surface area contributed by atoms with Gasteiger partial charge in [-0.3, -0.25) is 5.21 Å². The van der Waals surface area contributed by atoms with E-state index in [1.54, 1.807) is 19.9 Å². The van der Waals surface area contributed by atoms with E-state index in [9.17, 15) is 4.79 Å². The lowest BCUT2D eigenvalue weighted by Crippen LogP contribution is -2.37. The maximum absolute atomic E-state index is 10.0. The van der Waals surface area contributed by atoms with Gasteiger partial charge in [-0.15, -0.1) is 12.6 Å². The molecule has 0 fully saturated rings. The number of benzene rings is 1. The first-order chi connectivity index (χ1) is 7.90. The minimum atomic E-state index is -0.819. The van der Waals surface area contributed by atoms with Crippen LogP contribution in [0.4, 0.5) is 4.79 Å². The summed E-state index contributed by atoms with van der Waals surface area (Å²) >= 11 is 4.21. The highest BCUT2D eigenvalue weighted by molar-refractivity contribution is 7.80. The molecule has 0 aromatic heterocycles. The number of carbonyl (C=O) groups excluding carboxylic acids is 1. The fourth-order valence-electron chi connectivity index (χ4n) is 0.915. The van der Waals surface area contributed by atoms with Crippen LogP contribution in [0.2, 0.25) is 0 Å². The molecule has 1 rings (SSSR count). The molecule has 94 valence electrons. The molecule has 1 aromatic rings. The molecule has 0 radical (unpaired) electrons. The third-order valence-electron chi connectivity index (χ3n) is 1.87. The molecule has 0 saturated heterocycles. The summed E-state index contributed by atoms with van der Waals surface area (Å²) in [5.41, 5.74) is 5.76. The molecule has 4 nitrogen and oxygen atoms in total. The number of hydrogen-bond donors (Lipinski definition) is 3. The van der Waals surface area contributed by atoms with E-state index in [0.29, 0.717) is 5.06 Å². The Morgan fingerprint density at radius 2 is 2.06 bits per heavy atom. The highest BCUT2D eigenvalue weighted by atomic mass is 32.1. The van der Waals surface area contributed by atoms with Crippen molar-refractivity contribution in [1.29, 1.82) is 0 Å². The zero-order valence-electron chi connectivity index (χ0n) is 10.00. The van der Waals surface area contributed by atoms with Gasteiger partial charge in [-0.05, 0) is 25.5 Å². The number of rotatable bonds is 2. The van der Waals surface area contributed by atoms with E-state index >= 15 is 0 Å². The minimum absolute atomic E-state index is 0.243. The first-order valence-electron chi connectivity index (χ1n) is 5.08. The van der Waals surface area contributed by atoms with Crippen molar-refractivity contribution in [3.8, 4) is 0 Å². The lowest BCUT2D eigenvalue weighted by atomic mass is 10.2. The molecule has 0 atom stereocenters. The van der Waals surface area contributed by atoms with Crippen LogP contribution < -0.4 is 5.73 Å². The molecule has 0 aliphatic heterocycles. The summed E-state index contributed by atoms with van der Waals surface area (Å²) in [6.45, 7) is 6.96. The van der Waals surface area contributed by atoms with Gasteiger partial charge in [0.25, 0.3) is 0 Å². The molecule has 0 spiro atoms. The Balaban J connectivity index is 0.000000304. The van der Waals surface area contributed by atoms with Gasteiger partial charge in [-0.25, -0.2) is 9.86 Å². The summed E-state index contributed by atoms with van der Waals surface area (Å²) < 4.78 is 0. The number of thiol groups is 1. The maximum atomic E-state index is 10.0. The van der Waals surface area contributed by atoms with Crippen molar-refractivity contribution in [1.82, 2.24) is 5.06 Å². The van der Waals surface area contributed by atoms with Crippen LogP contribution in [0.5, 0.6) is 0 Å². The van der Waals surface area contributed by atoms with Gasteiger partial charge in [0.15, 0.2) is 0 Å². The topological polar surface area (TPSA) is 66.6 Å². The Morgan fingerprint density at radius 3 is 2.29 bits per heavy atom. The molecule has 0 aliphatic rings. The fourth-order valence-corrected chi connectivity index (χ4v) is 1.17. The highest BCUT2D eigenvalue weighted by Gasteiger charge is 2.07. The van der Waals surface area contributed by atoms with Gasteiger partial charge in [0, 0.05) is 4.90 Å². The van der Waals surface area contributed by atoms with E-state index < -0.39 is 6.03 Å². The molecule has 0 saturated carbocycles. The Kier molecular flexibility index (Phi) is 7.09. The summed E-state index contributed by atoms with van der Waals surface area (Å²) in [7, 11) is 0. The molecular weight excluding hydrogens is 236 g/mol. The monoisotopic (exact) mass is 254 g/mol. The normalized spacial score (nSPS) is 9.24. The zero-order valence-corrected chi connectivity index (χ0v) is 10.9. The van der Waals surface area contributed by atoms with Crippen LogP contribution in [0.25, 0.3) is 6.08 Å². The van der Waals surface area contributed by atoms with E-state index in [1.165, 1.54) is 0 Å². The molecule has 2 amide bonds. The summed E-state index contributed by atoms with van der Waals surface area (Å²) in [6.07, 6.45) is 1.79. The van der Waals surface area contributed by atoms with Crippen LogP contribution in [0, 0.1) is 0 Å². The standard InChI is InChI=1S/C8H8S.C4H10N2O2/c1-2-7-5-3-4-6-8(7)9;1-3(2)6(8)4(5)7/h2-6,9H,1H2;3,8H,1-2H3,(H2,5,7). The second kappa shape index (κ2) is 7.76. The van der Waals surface area contributed by atoms with Crippen LogP contribution in [0.1, 0.15) is 19.4 Å². The molecular formula is C12H18N2O2S. The van der Waals surface area contributed by atoms with E-state index in [1.807, 2.05) is 24.3 Å². The van der Waals surface area contributed by atoms with E-state index in [0.717, 1.165) is 10.5 Å². The van der Waals surface area contributed by atoms with Gasteiger partial charge >= 0.3 is 6.03 Å². The third-order valence-corrected chi connectivity index (χ3v) is 2.28. The number of carbonyl (C=O) groups is 1. The first kappa shape index (κ1) is 15.5. The quantitative estimate of drug-likeness (QED) is 0.431.